The first-order valence-corrected chi connectivity index (χ1v) is 7.27. The van der Waals surface area contributed by atoms with Crippen molar-refractivity contribution in [3.63, 3.8) is 0 Å². The van der Waals surface area contributed by atoms with Gasteiger partial charge in [0.2, 0.25) is 5.91 Å². The van der Waals surface area contributed by atoms with Crippen molar-refractivity contribution in [2.75, 3.05) is 12.3 Å². The summed E-state index contributed by atoms with van der Waals surface area (Å²) in [4.78, 5) is 20.0. The van der Waals surface area contributed by atoms with E-state index in [4.69, 9.17) is 5.73 Å². The van der Waals surface area contributed by atoms with E-state index in [-0.39, 0.29) is 18.2 Å². The quantitative estimate of drug-likeness (QED) is 0.873. The molecule has 1 unspecified atom stereocenters. The van der Waals surface area contributed by atoms with Crippen molar-refractivity contribution >= 4 is 33.7 Å². The molecule has 96 valence electrons. The third-order valence-electron chi connectivity index (χ3n) is 2.39. The maximum absolute atomic E-state index is 11.7. The molecule has 1 amide bonds. The second-order valence-electron chi connectivity index (χ2n) is 3.93. The number of anilines is 1. The Balaban J connectivity index is 1.78. The van der Waals surface area contributed by atoms with Crippen LogP contribution in [0.15, 0.2) is 17.0 Å². The highest BCUT2D eigenvalue weighted by Crippen LogP contribution is 2.16. The van der Waals surface area contributed by atoms with E-state index in [0.29, 0.717) is 11.7 Å². The predicted molar refractivity (Wildman–Crippen MR) is 73.8 cm³/mol. The van der Waals surface area contributed by atoms with E-state index < -0.39 is 0 Å². The first kappa shape index (κ1) is 13.0. The minimum atomic E-state index is -0.0382. The van der Waals surface area contributed by atoms with E-state index >= 15 is 0 Å². The van der Waals surface area contributed by atoms with Gasteiger partial charge in [0, 0.05) is 29.4 Å². The van der Waals surface area contributed by atoms with Crippen molar-refractivity contribution in [3.8, 4) is 0 Å². The van der Waals surface area contributed by atoms with Gasteiger partial charge in [-0.3, -0.25) is 4.79 Å². The summed E-state index contributed by atoms with van der Waals surface area (Å²) in [5.41, 5.74) is 6.23. The molecular weight excluding hydrogens is 268 g/mol. The van der Waals surface area contributed by atoms with Crippen molar-refractivity contribution in [3.05, 3.63) is 27.7 Å². The summed E-state index contributed by atoms with van der Waals surface area (Å²) in [7, 11) is 0. The Morgan fingerprint density at radius 2 is 2.39 bits per heavy atom. The molecule has 3 N–H and O–H groups in total. The van der Waals surface area contributed by atoms with Crippen LogP contribution < -0.4 is 11.1 Å². The number of aromatic nitrogens is 2. The van der Waals surface area contributed by atoms with Gasteiger partial charge in [-0.1, -0.05) is 6.92 Å². The molecule has 0 spiro atoms. The molecule has 2 heterocycles. The zero-order valence-corrected chi connectivity index (χ0v) is 11.6. The standard InChI is InChI=1S/C11H14N4OS2/c1-7(10-13-2-3-17-10)5-14-9(16)4-8-6-18-11(12)15-8/h2-3,6-7H,4-5H2,1H3,(H2,12,15)(H,14,16). The summed E-state index contributed by atoms with van der Waals surface area (Å²) in [5, 5.41) is 8.15. The van der Waals surface area contributed by atoms with E-state index in [1.54, 1.807) is 22.9 Å². The number of hydrogen-bond donors (Lipinski definition) is 2. The second kappa shape index (κ2) is 5.92. The zero-order valence-electron chi connectivity index (χ0n) is 9.92. The molecule has 0 aliphatic carbocycles. The number of carbonyl (C=O) groups excluding carboxylic acids is 1. The maximum atomic E-state index is 11.7. The lowest BCUT2D eigenvalue weighted by Gasteiger charge is -2.09. The monoisotopic (exact) mass is 282 g/mol. The molecule has 2 aromatic heterocycles. The summed E-state index contributed by atoms with van der Waals surface area (Å²) < 4.78 is 0. The average Bonchev–Trinajstić information content (AvgIpc) is 2.97. The molecule has 18 heavy (non-hydrogen) atoms. The molecule has 0 radical (unpaired) electrons. The first-order chi connectivity index (χ1) is 8.65. The fourth-order valence-electron chi connectivity index (χ4n) is 1.46. The molecule has 1 atom stereocenters. The number of carbonyl (C=O) groups is 1. The number of nitrogens with two attached hydrogens (primary N) is 1. The number of nitrogens with one attached hydrogen (secondary N) is 1. The van der Waals surface area contributed by atoms with Crippen molar-refractivity contribution in [2.24, 2.45) is 0 Å². The molecule has 0 bridgehead atoms. The van der Waals surface area contributed by atoms with Crippen LogP contribution in [-0.4, -0.2) is 22.4 Å². The van der Waals surface area contributed by atoms with Gasteiger partial charge in [-0.25, -0.2) is 9.97 Å². The largest absolute Gasteiger partial charge is 0.375 e. The Bertz CT molecular complexity index is 509. The van der Waals surface area contributed by atoms with E-state index in [9.17, 15) is 4.79 Å². The van der Waals surface area contributed by atoms with Gasteiger partial charge in [0.1, 0.15) is 0 Å². The van der Waals surface area contributed by atoms with E-state index in [1.165, 1.54) is 11.3 Å². The Morgan fingerprint density at radius 3 is 3.00 bits per heavy atom. The molecule has 5 nitrogen and oxygen atoms in total. The van der Waals surface area contributed by atoms with Gasteiger partial charge < -0.3 is 11.1 Å². The van der Waals surface area contributed by atoms with Gasteiger partial charge in [-0.15, -0.1) is 22.7 Å². The third kappa shape index (κ3) is 3.51. The molecule has 2 aromatic rings. The molecule has 2 rings (SSSR count). The SMILES string of the molecule is CC(CNC(=O)Cc1csc(N)n1)c1nccs1. The lowest BCUT2D eigenvalue weighted by atomic mass is 10.2. The minimum Gasteiger partial charge on any atom is -0.375 e. The highest BCUT2D eigenvalue weighted by molar-refractivity contribution is 7.13. The number of hydrogen-bond acceptors (Lipinski definition) is 6. The normalized spacial score (nSPS) is 12.3. The highest BCUT2D eigenvalue weighted by atomic mass is 32.1. The van der Waals surface area contributed by atoms with Gasteiger partial charge in [-0.05, 0) is 0 Å². The van der Waals surface area contributed by atoms with Crippen molar-refractivity contribution in [1.29, 1.82) is 0 Å². The molecule has 0 saturated carbocycles. The van der Waals surface area contributed by atoms with Gasteiger partial charge in [0.25, 0.3) is 0 Å². The topological polar surface area (TPSA) is 80.9 Å². The summed E-state index contributed by atoms with van der Waals surface area (Å²) >= 11 is 2.95. The maximum Gasteiger partial charge on any atom is 0.226 e. The zero-order chi connectivity index (χ0) is 13.0. The highest BCUT2D eigenvalue weighted by Gasteiger charge is 2.11. The van der Waals surface area contributed by atoms with Crippen LogP contribution in [0.3, 0.4) is 0 Å². The van der Waals surface area contributed by atoms with Gasteiger partial charge in [0.05, 0.1) is 17.1 Å². The first-order valence-electron chi connectivity index (χ1n) is 5.51. The van der Waals surface area contributed by atoms with E-state index in [1.807, 2.05) is 12.3 Å². The smallest absolute Gasteiger partial charge is 0.226 e. The fourth-order valence-corrected chi connectivity index (χ4v) is 2.72. The molecule has 0 fully saturated rings. The number of rotatable bonds is 5. The van der Waals surface area contributed by atoms with Crippen LogP contribution in [0.5, 0.6) is 0 Å². The van der Waals surface area contributed by atoms with Crippen molar-refractivity contribution in [1.82, 2.24) is 15.3 Å². The molecule has 0 aliphatic rings. The second-order valence-corrected chi connectivity index (χ2v) is 5.75. The molecule has 0 aliphatic heterocycles. The average molecular weight is 282 g/mol. The number of nitrogens with zero attached hydrogens (tertiary/aromatic N) is 2. The van der Waals surface area contributed by atoms with Crippen LogP contribution in [0.4, 0.5) is 5.13 Å². The van der Waals surface area contributed by atoms with Crippen LogP contribution in [0.25, 0.3) is 0 Å². The molecular formula is C11H14N4OS2. The van der Waals surface area contributed by atoms with Gasteiger partial charge >= 0.3 is 0 Å². The molecule has 7 heteroatoms. The lowest BCUT2D eigenvalue weighted by Crippen LogP contribution is -2.28. The van der Waals surface area contributed by atoms with E-state index in [2.05, 4.69) is 15.3 Å². The fraction of sp³-hybridized carbons (Fsp3) is 0.364. The summed E-state index contributed by atoms with van der Waals surface area (Å²) in [6.07, 6.45) is 2.05. The Morgan fingerprint density at radius 1 is 1.56 bits per heavy atom. The van der Waals surface area contributed by atoms with Crippen LogP contribution in [0.1, 0.15) is 23.5 Å². The predicted octanol–water partition coefficient (Wildman–Crippen LogP) is 1.64. The number of nitrogen functional groups attached to an aromatic ring is 1. The van der Waals surface area contributed by atoms with Crippen LogP contribution >= 0.6 is 22.7 Å². The lowest BCUT2D eigenvalue weighted by molar-refractivity contribution is -0.120. The molecule has 0 saturated heterocycles. The van der Waals surface area contributed by atoms with E-state index in [0.717, 1.165) is 10.7 Å². The van der Waals surface area contributed by atoms with Crippen molar-refractivity contribution < 1.29 is 4.79 Å². The Kier molecular flexibility index (Phi) is 4.27. The van der Waals surface area contributed by atoms with Crippen LogP contribution in [0, 0.1) is 0 Å². The number of thiazole rings is 2. The molecule has 0 aromatic carbocycles. The van der Waals surface area contributed by atoms with Gasteiger partial charge in [0.15, 0.2) is 5.13 Å². The summed E-state index contributed by atoms with van der Waals surface area (Å²) in [6, 6.07) is 0. The Labute approximate surface area is 113 Å². The summed E-state index contributed by atoms with van der Waals surface area (Å²) in [6.45, 7) is 2.63. The van der Waals surface area contributed by atoms with Gasteiger partial charge in [-0.2, -0.15) is 0 Å². The van der Waals surface area contributed by atoms with Crippen LogP contribution in [-0.2, 0) is 11.2 Å². The summed E-state index contributed by atoms with van der Waals surface area (Å²) in [5.74, 6) is 0.193. The van der Waals surface area contributed by atoms with Crippen molar-refractivity contribution in [2.45, 2.75) is 19.3 Å². The minimum absolute atomic E-state index is 0.0382. The third-order valence-corrected chi connectivity index (χ3v) is 4.12. The number of amides is 1. The van der Waals surface area contributed by atoms with Crippen LogP contribution in [0.2, 0.25) is 0 Å². The Hall–Kier alpha value is -1.47.